The third kappa shape index (κ3) is 1.98. The lowest BCUT2D eigenvalue weighted by molar-refractivity contribution is 0.618. The van der Waals surface area contributed by atoms with Crippen LogP contribution >= 0.6 is 0 Å². The second kappa shape index (κ2) is 4.72. The average Bonchev–Trinajstić information content (AvgIpc) is 2.79. The Hall–Kier alpha value is -2.20. The fraction of sp³-hybridized carbons (Fsp3) is 0.188. The lowest BCUT2D eigenvalue weighted by atomic mass is 10.0. The van der Waals surface area contributed by atoms with Gasteiger partial charge in [-0.1, -0.05) is 12.1 Å². The number of aromatic nitrogens is 2. The minimum Gasteiger partial charge on any atom is -0.325 e. The SMILES string of the molecule is Cc1ccc(-c2nc3ccc(F)cn3c2CN)cc1C. The molecule has 0 radical (unpaired) electrons. The Labute approximate surface area is 116 Å². The van der Waals surface area contributed by atoms with Crippen molar-refractivity contribution in [3.63, 3.8) is 0 Å². The van der Waals surface area contributed by atoms with E-state index in [9.17, 15) is 4.39 Å². The van der Waals surface area contributed by atoms with E-state index in [0.717, 1.165) is 17.0 Å². The molecule has 2 N–H and O–H groups in total. The minimum absolute atomic E-state index is 0.295. The van der Waals surface area contributed by atoms with Gasteiger partial charge in [0.2, 0.25) is 0 Å². The fourth-order valence-corrected chi connectivity index (χ4v) is 2.38. The van der Waals surface area contributed by atoms with Crippen molar-refractivity contribution >= 4 is 5.65 Å². The number of halogens is 1. The van der Waals surface area contributed by atoms with Crippen LogP contribution in [0.25, 0.3) is 16.9 Å². The lowest BCUT2D eigenvalue weighted by Gasteiger charge is -2.05. The molecule has 0 amide bonds. The van der Waals surface area contributed by atoms with Gasteiger partial charge < -0.3 is 5.73 Å². The molecule has 0 bridgehead atoms. The highest BCUT2D eigenvalue weighted by atomic mass is 19.1. The first-order valence-corrected chi connectivity index (χ1v) is 6.54. The molecule has 0 saturated carbocycles. The first kappa shape index (κ1) is 12.8. The van der Waals surface area contributed by atoms with Crippen molar-refractivity contribution in [1.29, 1.82) is 0 Å². The lowest BCUT2D eigenvalue weighted by Crippen LogP contribution is -2.03. The van der Waals surface area contributed by atoms with Crippen LogP contribution in [0.1, 0.15) is 16.8 Å². The van der Waals surface area contributed by atoms with Crippen LogP contribution in [0, 0.1) is 19.7 Å². The van der Waals surface area contributed by atoms with Gasteiger partial charge in [-0.3, -0.25) is 4.40 Å². The molecule has 0 saturated heterocycles. The molecule has 3 rings (SSSR count). The van der Waals surface area contributed by atoms with E-state index in [1.54, 1.807) is 10.5 Å². The van der Waals surface area contributed by atoms with Crippen LogP contribution < -0.4 is 5.73 Å². The van der Waals surface area contributed by atoms with Crippen LogP contribution in [0.2, 0.25) is 0 Å². The molecule has 0 atom stereocenters. The highest BCUT2D eigenvalue weighted by Crippen LogP contribution is 2.26. The van der Waals surface area contributed by atoms with E-state index >= 15 is 0 Å². The summed E-state index contributed by atoms with van der Waals surface area (Å²) in [5.41, 5.74) is 11.6. The van der Waals surface area contributed by atoms with Gasteiger partial charge in [0, 0.05) is 18.3 Å². The molecule has 3 nitrogen and oxygen atoms in total. The second-order valence-electron chi connectivity index (χ2n) is 4.99. The molecule has 2 heterocycles. The van der Waals surface area contributed by atoms with Gasteiger partial charge in [0.15, 0.2) is 0 Å². The monoisotopic (exact) mass is 269 g/mol. The Balaban J connectivity index is 2.27. The third-order valence-corrected chi connectivity index (χ3v) is 3.66. The van der Waals surface area contributed by atoms with E-state index in [2.05, 4.69) is 31.0 Å². The highest BCUT2D eigenvalue weighted by Gasteiger charge is 2.13. The van der Waals surface area contributed by atoms with Gasteiger partial charge in [-0.05, 0) is 43.2 Å². The Morgan fingerprint density at radius 2 is 1.95 bits per heavy atom. The largest absolute Gasteiger partial charge is 0.325 e. The molecule has 0 aliphatic carbocycles. The van der Waals surface area contributed by atoms with Gasteiger partial charge in [-0.2, -0.15) is 0 Å². The molecule has 0 unspecified atom stereocenters. The van der Waals surface area contributed by atoms with Gasteiger partial charge in [0.1, 0.15) is 11.5 Å². The number of rotatable bonds is 2. The molecule has 0 aliphatic heterocycles. The summed E-state index contributed by atoms with van der Waals surface area (Å²) in [5.74, 6) is -0.295. The zero-order chi connectivity index (χ0) is 14.3. The standard InChI is InChI=1S/C16H16FN3/c1-10-3-4-12(7-11(10)2)16-14(8-18)20-9-13(17)5-6-15(20)19-16/h3-7,9H,8,18H2,1-2H3. The van der Waals surface area contributed by atoms with E-state index in [1.807, 2.05) is 6.07 Å². The Bertz CT molecular complexity index is 790. The molecule has 4 heteroatoms. The van der Waals surface area contributed by atoms with E-state index in [1.165, 1.54) is 23.4 Å². The summed E-state index contributed by atoms with van der Waals surface area (Å²) < 4.78 is 15.1. The number of benzene rings is 1. The predicted molar refractivity (Wildman–Crippen MR) is 78.0 cm³/mol. The van der Waals surface area contributed by atoms with Crippen LogP contribution in [0.5, 0.6) is 0 Å². The summed E-state index contributed by atoms with van der Waals surface area (Å²) in [5, 5.41) is 0. The van der Waals surface area contributed by atoms with Gasteiger partial charge in [0.05, 0.1) is 11.4 Å². The maximum Gasteiger partial charge on any atom is 0.139 e. The molecule has 3 aromatic rings. The van der Waals surface area contributed by atoms with Crippen molar-refractivity contribution in [3.05, 3.63) is 59.2 Å². The van der Waals surface area contributed by atoms with Crippen LogP contribution in [-0.4, -0.2) is 9.38 Å². The van der Waals surface area contributed by atoms with Crippen LogP contribution in [0.4, 0.5) is 4.39 Å². The zero-order valence-corrected chi connectivity index (χ0v) is 11.5. The van der Waals surface area contributed by atoms with E-state index in [0.29, 0.717) is 12.2 Å². The Morgan fingerprint density at radius 1 is 1.15 bits per heavy atom. The zero-order valence-electron chi connectivity index (χ0n) is 11.5. The number of nitrogens with zero attached hydrogens (tertiary/aromatic N) is 2. The summed E-state index contributed by atoms with van der Waals surface area (Å²) >= 11 is 0. The van der Waals surface area contributed by atoms with Crippen molar-refractivity contribution in [2.24, 2.45) is 5.73 Å². The van der Waals surface area contributed by atoms with Crippen molar-refractivity contribution in [1.82, 2.24) is 9.38 Å². The molecular formula is C16H16FN3. The van der Waals surface area contributed by atoms with E-state index in [-0.39, 0.29) is 5.82 Å². The van der Waals surface area contributed by atoms with Gasteiger partial charge >= 0.3 is 0 Å². The number of hydrogen-bond acceptors (Lipinski definition) is 2. The summed E-state index contributed by atoms with van der Waals surface area (Å²) in [6.07, 6.45) is 1.43. The number of aryl methyl sites for hydroxylation is 2. The number of pyridine rings is 1. The second-order valence-corrected chi connectivity index (χ2v) is 4.99. The molecular weight excluding hydrogens is 253 g/mol. The normalized spacial score (nSPS) is 11.2. The van der Waals surface area contributed by atoms with Crippen molar-refractivity contribution in [3.8, 4) is 11.3 Å². The maximum absolute atomic E-state index is 13.4. The predicted octanol–water partition coefficient (Wildman–Crippen LogP) is 3.22. The first-order valence-electron chi connectivity index (χ1n) is 6.54. The number of nitrogens with two attached hydrogens (primary N) is 1. The minimum atomic E-state index is -0.295. The molecule has 2 aromatic heterocycles. The Kier molecular flexibility index (Phi) is 3.03. The Morgan fingerprint density at radius 3 is 2.65 bits per heavy atom. The smallest absolute Gasteiger partial charge is 0.139 e. The summed E-state index contributed by atoms with van der Waals surface area (Å²) in [6, 6.07) is 9.26. The van der Waals surface area contributed by atoms with Gasteiger partial charge in [-0.25, -0.2) is 9.37 Å². The van der Waals surface area contributed by atoms with Crippen molar-refractivity contribution in [2.45, 2.75) is 20.4 Å². The number of fused-ring (bicyclic) bond motifs is 1. The quantitative estimate of drug-likeness (QED) is 0.776. The fourth-order valence-electron chi connectivity index (χ4n) is 2.38. The van der Waals surface area contributed by atoms with Crippen molar-refractivity contribution < 1.29 is 4.39 Å². The maximum atomic E-state index is 13.4. The molecule has 0 fully saturated rings. The average molecular weight is 269 g/mol. The molecule has 20 heavy (non-hydrogen) atoms. The summed E-state index contributed by atoms with van der Waals surface area (Å²) in [4.78, 5) is 4.58. The van der Waals surface area contributed by atoms with Gasteiger partial charge in [0.25, 0.3) is 0 Å². The van der Waals surface area contributed by atoms with Gasteiger partial charge in [-0.15, -0.1) is 0 Å². The number of hydrogen-bond donors (Lipinski definition) is 1. The third-order valence-electron chi connectivity index (χ3n) is 3.66. The highest BCUT2D eigenvalue weighted by molar-refractivity contribution is 5.67. The topological polar surface area (TPSA) is 43.3 Å². The van der Waals surface area contributed by atoms with Crippen LogP contribution in [-0.2, 0) is 6.54 Å². The van der Waals surface area contributed by atoms with E-state index < -0.39 is 0 Å². The molecule has 0 aliphatic rings. The number of imidazole rings is 1. The molecule has 0 spiro atoms. The van der Waals surface area contributed by atoms with Crippen LogP contribution in [0.15, 0.2) is 36.5 Å². The van der Waals surface area contributed by atoms with Crippen LogP contribution in [0.3, 0.4) is 0 Å². The van der Waals surface area contributed by atoms with E-state index in [4.69, 9.17) is 5.73 Å². The first-order chi connectivity index (χ1) is 9.60. The molecule has 102 valence electrons. The molecule has 1 aromatic carbocycles. The summed E-state index contributed by atoms with van der Waals surface area (Å²) in [6.45, 7) is 4.45. The summed E-state index contributed by atoms with van der Waals surface area (Å²) in [7, 11) is 0. The van der Waals surface area contributed by atoms with Crippen molar-refractivity contribution in [2.75, 3.05) is 0 Å².